The van der Waals surface area contributed by atoms with Gasteiger partial charge in [-0.05, 0) is 122 Å². The fourth-order valence-electron chi connectivity index (χ4n) is 9.93. The van der Waals surface area contributed by atoms with E-state index in [1.165, 1.54) is 76.5 Å². The second kappa shape index (κ2) is 13.7. The SMILES string of the molecule is CC(C)(C)P1Cc2ccc3ccccc3c2-c2cc3ccccc3cc2C1C1c2ccc3ccccc3c2-c2c(ccc3ccccc23)CP1C(C)(C)C.[Rh+3]. The van der Waals surface area contributed by atoms with Crippen LogP contribution in [0.15, 0.2) is 146 Å². The predicted molar refractivity (Wildman–Crippen MR) is 240 cm³/mol. The van der Waals surface area contributed by atoms with Gasteiger partial charge in [-0.25, -0.2) is 0 Å². The first-order chi connectivity index (χ1) is 26.1. The third kappa shape index (κ3) is 6.04. The maximum Gasteiger partial charge on any atom is 3.00 e. The van der Waals surface area contributed by atoms with Gasteiger partial charge in [-0.2, -0.15) is 0 Å². The fourth-order valence-corrected chi connectivity index (χ4v) is 17.3. The zero-order valence-corrected chi connectivity index (χ0v) is 36.1. The largest absolute Gasteiger partial charge is 3.00 e. The molecule has 0 aromatic heterocycles. The molecule has 55 heavy (non-hydrogen) atoms. The van der Waals surface area contributed by atoms with Crippen molar-refractivity contribution < 1.29 is 19.5 Å². The Bertz CT molecular complexity index is 2760. The van der Waals surface area contributed by atoms with Crippen molar-refractivity contribution in [3.8, 4) is 22.3 Å². The van der Waals surface area contributed by atoms with Crippen LogP contribution in [0, 0.1) is 0 Å². The van der Waals surface area contributed by atoms with Crippen LogP contribution in [0.4, 0.5) is 0 Å². The summed E-state index contributed by atoms with van der Waals surface area (Å²) in [4.78, 5) is 0. The van der Waals surface area contributed by atoms with Crippen molar-refractivity contribution in [3.63, 3.8) is 0 Å². The minimum Gasteiger partial charge on any atom is -0.0880 e. The molecule has 0 saturated carbocycles. The van der Waals surface area contributed by atoms with Crippen LogP contribution in [-0.2, 0) is 31.8 Å². The minimum atomic E-state index is -0.557. The molecule has 10 rings (SSSR count). The van der Waals surface area contributed by atoms with E-state index in [9.17, 15) is 0 Å². The van der Waals surface area contributed by atoms with Crippen molar-refractivity contribution in [2.24, 2.45) is 0 Å². The van der Waals surface area contributed by atoms with Gasteiger partial charge in [0.2, 0.25) is 0 Å². The van der Waals surface area contributed by atoms with Crippen molar-refractivity contribution in [1.29, 1.82) is 0 Å². The van der Waals surface area contributed by atoms with Gasteiger partial charge >= 0.3 is 19.5 Å². The molecule has 0 spiro atoms. The average Bonchev–Trinajstić information content (AvgIpc) is 3.41. The first-order valence-corrected chi connectivity index (χ1v) is 22.9. The second-order valence-corrected chi connectivity index (χ2v) is 24.0. The van der Waals surface area contributed by atoms with Crippen LogP contribution < -0.4 is 0 Å². The van der Waals surface area contributed by atoms with Gasteiger partial charge in [-0.1, -0.05) is 191 Å². The Kier molecular flexibility index (Phi) is 9.22. The summed E-state index contributed by atoms with van der Waals surface area (Å²) < 4.78 is 0. The normalized spacial score (nSPS) is 19.5. The molecule has 8 aromatic rings. The Hall–Kier alpha value is -3.72. The molecule has 4 unspecified atom stereocenters. The van der Waals surface area contributed by atoms with Crippen molar-refractivity contribution in [2.45, 2.75) is 75.5 Å². The molecule has 0 amide bonds. The van der Waals surface area contributed by atoms with E-state index < -0.39 is 15.8 Å². The van der Waals surface area contributed by atoms with E-state index in [0.717, 1.165) is 12.3 Å². The van der Waals surface area contributed by atoms with Crippen molar-refractivity contribution in [1.82, 2.24) is 0 Å². The Morgan fingerprint density at radius 1 is 0.400 bits per heavy atom. The van der Waals surface area contributed by atoms with E-state index in [2.05, 4.69) is 187 Å². The second-order valence-electron chi connectivity index (χ2n) is 17.7. The Labute approximate surface area is 342 Å². The van der Waals surface area contributed by atoms with Gasteiger partial charge in [0.25, 0.3) is 0 Å². The fraction of sp³-hybridized carbons (Fsp3) is 0.231. The molecule has 0 N–H and O–H groups in total. The molecule has 0 saturated heterocycles. The molecule has 3 heteroatoms. The Balaban J connectivity index is 0.00000397. The topological polar surface area (TPSA) is 0 Å². The monoisotopic (exact) mass is 837 g/mol. The number of fused-ring (bicyclic) bond motifs is 13. The summed E-state index contributed by atoms with van der Waals surface area (Å²) in [6.07, 6.45) is 2.24. The van der Waals surface area contributed by atoms with Gasteiger partial charge in [-0.3, -0.25) is 0 Å². The third-order valence-electron chi connectivity index (χ3n) is 12.4. The molecule has 0 fully saturated rings. The summed E-state index contributed by atoms with van der Waals surface area (Å²) in [5, 5.41) is 11.1. The molecule has 2 heterocycles. The minimum absolute atomic E-state index is 0. The first kappa shape index (κ1) is 36.9. The van der Waals surface area contributed by atoms with E-state index in [1.807, 2.05) is 0 Å². The standard InChI is InChI=1S/C52H48P2.Rh/c1-51(2,3)53-32-39-26-24-34-16-10-13-21-41(34)47(39)48-42-22-14-11-17-35(42)27-28-43(48)49(53)50-45-30-37-19-8-7-18-36(37)29-44(45)46-38(31-54(50)52(4,5)6)25-23-33-15-9-12-20-40(33)46;/h7-30,49-50H,31-32H2,1-6H3;/q;+3. The van der Waals surface area contributed by atoms with E-state index in [4.69, 9.17) is 0 Å². The van der Waals surface area contributed by atoms with Gasteiger partial charge in [0.1, 0.15) is 0 Å². The predicted octanol–water partition coefficient (Wildman–Crippen LogP) is 16.0. The van der Waals surface area contributed by atoms with Gasteiger partial charge in [0.15, 0.2) is 0 Å². The van der Waals surface area contributed by atoms with Gasteiger partial charge in [0, 0.05) is 11.3 Å². The Morgan fingerprint density at radius 3 is 1.33 bits per heavy atom. The van der Waals surface area contributed by atoms with Crippen LogP contribution in [-0.4, -0.2) is 10.3 Å². The molecular weight excluding hydrogens is 789 g/mol. The van der Waals surface area contributed by atoms with E-state index in [0.29, 0.717) is 11.3 Å². The molecular formula is C52H48P2Rh+3. The number of benzene rings is 8. The van der Waals surface area contributed by atoms with E-state index in [1.54, 1.807) is 11.1 Å². The number of hydrogen-bond acceptors (Lipinski definition) is 0. The van der Waals surface area contributed by atoms with Crippen LogP contribution >= 0.6 is 15.8 Å². The van der Waals surface area contributed by atoms with Crippen LogP contribution in [0.3, 0.4) is 0 Å². The summed E-state index contributed by atoms with van der Waals surface area (Å²) in [6.45, 7) is 15.3. The third-order valence-corrected chi connectivity index (χ3v) is 20.0. The molecule has 2 aliphatic heterocycles. The number of rotatable bonds is 1. The van der Waals surface area contributed by atoms with Crippen LogP contribution in [0.25, 0.3) is 65.3 Å². The smallest absolute Gasteiger partial charge is 0.0880 e. The zero-order chi connectivity index (χ0) is 36.9. The van der Waals surface area contributed by atoms with E-state index in [-0.39, 0.29) is 29.8 Å². The summed E-state index contributed by atoms with van der Waals surface area (Å²) >= 11 is 0. The van der Waals surface area contributed by atoms with Crippen LogP contribution in [0.2, 0.25) is 0 Å². The van der Waals surface area contributed by atoms with Gasteiger partial charge in [0.05, 0.1) is 0 Å². The summed E-state index contributed by atoms with van der Waals surface area (Å²) in [5.41, 5.74) is 12.8. The molecule has 2 aliphatic rings. The molecule has 0 aliphatic carbocycles. The zero-order valence-electron chi connectivity index (χ0n) is 32.7. The summed E-state index contributed by atoms with van der Waals surface area (Å²) in [7, 11) is -1.11. The quantitative estimate of drug-likeness (QED) is 0.114. The average molecular weight is 838 g/mol. The van der Waals surface area contributed by atoms with Gasteiger partial charge < -0.3 is 0 Å². The molecule has 8 aromatic carbocycles. The van der Waals surface area contributed by atoms with Crippen LogP contribution in [0.1, 0.15) is 75.1 Å². The summed E-state index contributed by atoms with van der Waals surface area (Å²) in [6, 6.07) is 56.6. The molecule has 0 nitrogen and oxygen atoms in total. The molecule has 0 bridgehead atoms. The Morgan fingerprint density at radius 2 is 0.800 bits per heavy atom. The first-order valence-electron chi connectivity index (χ1n) is 19.7. The molecule has 0 radical (unpaired) electrons. The van der Waals surface area contributed by atoms with E-state index >= 15 is 0 Å². The summed E-state index contributed by atoms with van der Waals surface area (Å²) in [5.74, 6) is 0. The van der Waals surface area contributed by atoms with Crippen molar-refractivity contribution in [3.05, 3.63) is 168 Å². The van der Waals surface area contributed by atoms with Crippen molar-refractivity contribution >= 4 is 58.9 Å². The number of hydrogen-bond donors (Lipinski definition) is 0. The maximum absolute atomic E-state index is 2.65. The van der Waals surface area contributed by atoms with Crippen molar-refractivity contribution in [2.75, 3.05) is 0 Å². The maximum atomic E-state index is 2.65. The molecule has 272 valence electrons. The molecule has 4 atom stereocenters. The van der Waals surface area contributed by atoms with Gasteiger partial charge in [-0.15, -0.1) is 0 Å². The van der Waals surface area contributed by atoms with Crippen LogP contribution in [0.5, 0.6) is 0 Å².